The molecule has 0 spiro atoms. The van der Waals surface area contributed by atoms with Gasteiger partial charge in [-0.25, -0.2) is 0 Å². The quantitative estimate of drug-likeness (QED) is 0.487. The van der Waals surface area contributed by atoms with Gasteiger partial charge in [0.1, 0.15) is 0 Å². The monoisotopic (exact) mass is 406 g/mol. The maximum absolute atomic E-state index is 5.97. The average Bonchev–Trinajstić information content (AvgIpc) is 2.80. The van der Waals surface area contributed by atoms with Crippen molar-refractivity contribution in [3.05, 3.63) is 59.2 Å². The lowest BCUT2D eigenvalue weighted by Crippen LogP contribution is -2.26. The molecule has 0 aromatic heterocycles. The zero-order valence-electron chi connectivity index (χ0n) is 19.0. The molecule has 0 bridgehead atoms. The molecule has 30 heavy (non-hydrogen) atoms. The third-order valence-corrected chi connectivity index (χ3v) is 7.30. The zero-order chi connectivity index (χ0) is 20.9. The molecule has 2 aromatic carbocycles. The van der Waals surface area contributed by atoms with Crippen LogP contribution in [0.3, 0.4) is 0 Å². The highest BCUT2D eigenvalue weighted by Gasteiger charge is 2.24. The highest BCUT2D eigenvalue weighted by molar-refractivity contribution is 5.68. The van der Waals surface area contributed by atoms with Crippen molar-refractivity contribution in [3.8, 4) is 11.1 Å². The summed E-state index contributed by atoms with van der Waals surface area (Å²) in [5.41, 5.74) is 6.65. The minimum atomic E-state index is -0.214. The van der Waals surface area contributed by atoms with Crippen molar-refractivity contribution in [2.24, 2.45) is 11.8 Å². The fraction of sp³-hybridized carbons (Fsp3) is 0.571. The van der Waals surface area contributed by atoms with Gasteiger partial charge in [-0.2, -0.15) is 0 Å². The summed E-state index contributed by atoms with van der Waals surface area (Å²) in [6.07, 6.45) is 9.00. The zero-order valence-corrected chi connectivity index (χ0v) is 19.0. The first-order chi connectivity index (χ1) is 14.7. The van der Waals surface area contributed by atoms with Gasteiger partial charge in [-0.05, 0) is 73.1 Å². The second kappa shape index (κ2) is 10.1. The molecule has 1 heterocycles. The largest absolute Gasteiger partial charge is 0.348 e. The van der Waals surface area contributed by atoms with Gasteiger partial charge in [-0.1, -0.05) is 69.2 Å². The van der Waals surface area contributed by atoms with Gasteiger partial charge in [0.25, 0.3) is 0 Å². The maximum Gasteiger partial charge on any atom is 0.183 e. The van der Waals surface area contributed by atoms with Crippen LogP contribution in [0.5, 0.6) is 0 Å². The Kier molecular flexibility index (Phi) is 7.28. The predicted molar refractivity (Wildman–Crippen MR) is 125 cm³/mol. The lowest BCUT2D eigenvalue weighted by molar-refractivity contribution is -0.206. The molecule has 0 N–H and O–H groups in total. The standard InChI is InChI=1S/C28H38O2/c1-4-6-22-18-29-28(30-19-22)25-13-11-24(12-14-25)27-16-15-26(17-20(27)3)23-9-7-21(5-2)8-10-23/h11-17,21-23,28H,4-10,18-19H2,1-3H3/t21-,22?,23-,28?. The fourth-order valence-corrected chi connectivity index (χ4v) is 5.30. The van der Waals surface area contributed by atoms with E-state index in [0.29, 0.717) is 5.92 Å². The van der Waals surface area contributed by atoms with Gasteiger partial charge >= 0.3 is 0 Å². The van der Waals surface area contributed by atoms with E-state index in [1.807, 2.05) is 0 Å². The number of ether oxygens (including phenoxy) is 2. The van der Waals surface area contributed by atoms with Crippen LogP contribution in [0.25, 0.3) is 11.1 Å². The van der Waals surface area contributed by atoms with Crippen LogP contribution in [0.4, 0.5) is 0 Å². The summed E-state index contributed by atoms with van der Waals surface area (Å²) in [4.78, 5) is 0. The molecule has 1 saturated heterocycles. The van der Waals surface area contributed by atoms with E-state index in [4.69, 9.17) is 9.47 Å². The summed E-state index contributed by atoms with van der Waals surface area (Å²) in [6, 6.07) is 15.9. The molecule has 1 aliphatic carbocycles. The number of hydrogen-bond donors (Lipinski definition) is 0. The summed E-state index contributed by atoms with van der Waals surface area (Å²) < 4.78 is 11.9. The van der Waals surface area contributed by atoms with E-state index in [-0.39, 0.29) is 6.29 Å². The predicted octanol–water partition coefficient (Wildman–Crippen LogP) is 7.81. The van der Waals surface area contributed by atoms with Crippen molar-refractivity contribution in [2.75, 3.05) is 13.2 Å². The fourth-order valence-electron chi connectivity index (χ4n) is 5.30. The Morgan fingerprint density at radius 3 is 2.07 bits per heavy atom. The van der Waals surface area contributed by atoms with Crippen LogP contribution >= 0.6 is 0 Å². The third-order valence-electron chi connectivity index (χ3n) is 7.30. The SMILES string of the molecule is CCCC1COC(c2ccc(-c3ccc([C@H]4CC[C@H](CC)CC4)cc3C)cc2)OC1. The van der Waals surface area contributed by atoms with Gasteiger partial charge in [0.2, 0.25) is 0 Å². The van der Waals surface area contributed by atoms with Crippen LogP contribution in [-0.2, 0) is 9.47 Å². The molecule has 2 aromatic rings. The van der Waals surface area contributed by atoms with Crippen LogP contribution in [0.1, 0.15) is 87.7 Å². The lowest BCUT2D eigenvalue weighted by Gasteiger charge is -2.29. The summed E-state index contributed by atoms with van der Waals surface area (Å²) in [7, 11) is 0. The summed E-state index contributed by atoms with van der Waals surface area (Å²) in [5, 5.41) is 0. The van der Waals surface area contributed by atoms with E-state index in [1.54, 1.807) is 0 Å². The maximum atomic E-state index is 5.97. The first-order valence-electron chi connectivity index (χ1n) is 12.1. The van der Waals surface area contributed by atoms with Crippen LogP contribution in [-0.4, -0.2) is 13.2 Å². The first-order valence-corrected chi connectivity index (χ1v) is 12.1. The summed E-state index contributed by atoms with van der Waals surface area (Å²) in [5.74, 6) is 2.25. The Bertz CT molecular complexity index is 794. The van der Waals surface area contributed by atoms with E-state index >= 15 is 0 Å². The molecule has 2 heteroatoms. The molecule has 162 valence electrons. The molecule has 2 nitrogen and oxygen atoms in total. The van der Waals surface area contributed by atoms with Gasteiger partial charge in [0.15, 0.2) is 6.29 Å². The smallest absolute Gasteiger partial charge is 0.183 e. The van der Waals surface area contributed by atoms with Gasteiger partial charge in [-0.15, -0.1) is 0 Å². The first kappa shape index (κ1) is 21.6. The van der Waals surface area contributed by atoms with Gasteiger partial charge in [0, 0.05) is 11.5 Å². The van der Waals surface area contributed by atoms with E-state index in [2.05, 4.69) is 63.2 Å². The van der Waals surface area contributed by atoms with Crippen LogP contribution in [0.15, 0.2) is 42.5 Å². The molecular weight excluding hydrogens is 368 g/mol. The second-order valence-corrected chi connectivity index (χ2v) is 9.48. The van der Waals surface area contributed by atoms with E-state index < -0.39 is 0 Å². The third kappa shape index (κ3) is 4.98. The van der Waals surface area contributed by atoms with Crippen LogP contribution < -0.4 is 0 Å². The molecule has 0 amide bonds. The van der Waals surface area contributed by atoms with Crippen molar-refractivity contribution in [1.82, 2.24) is 0 Å². The van der Waals surface area contributed by atoms with Crippen molar-refractivity contribution in [2.45, 2.75) is 77.9 Å². The Balaban J connectivity index is 1.41. The molecule has 0 radical (unpaired) electrons. The molecule has 2 aliphatic rings. The summed E-state index contributed by atoms with van der Waals surface area (Å²) in [6.45, 7) is 8.43. The van der Waals surface area contributed by atoms with E-state index in [0.717, 1.165) is 30.6 Å². The Labute approximate surface area is 183 Å². The molecule has 1 aliphatic heterocycles. The normalized spacial score (nSPS) is 27.2. The van der Waals surface area contributed by atoms with E-state index in [1.165, 1.54) is 67.2 Å². The Morgan fingerprint density at radius 2 is 1.47 bits per heavy atom. The number of rotatable bonds is 6. The van der Waals surface area contributed by atoms with E-state index in [9.17, 15) is 0 Å². The van der Waals surface area contributed by atoms with Gasteiger partial charge in [-0.3, -0.25) is 0 Å². The number of aryl methyl sites for hydroxylation is 1. The highest BCUT2D eigenvalue weighted by atomic mass is 16.7. The van der Waals surface area contributed by atoms with Crippen LogP contribution in [0.2, 0.25) is 0 Å². The van der Waals surface area contributed by atoms with Crippen molar-refractivity contribution >= 4 is 0 Å². The van der Waals surface area contributed by atoms with Crippen molar-refractivity contribution in [1.29, 1.82) is 0 Å². The topological polar surface area (TPSA) is 18.5 Å². The van der Waals surface area contributed by atoms with Crippen LogP contribution in [0, 0.1) is 18.8 Å². The van der Waals surface area contributed by atoms with Crippen molar-refractivity contribution < 1.29 is 9.47 Å². The second-order valence-electron chi connectivity index (χ2n) is 9.48. The minimum Gasteiger partial charge on any atom is -0.348 e. The number of hydrogen-bond acceptors (Lipinski definition) is 2. The highest BCUT2D eigenvalue weighted by Crippen LogP contribution is 2.38. The summed E-state index contributed by atoms with van der Waals surface area (Å²) >= 11 is 0. The minimum absolute atomic E-state index is 0.214. The molecule has 0 atom stereocenters. The average molecular weight is 407 g/mol. The Morgan fingerprint density at radius 1 is 0.800 bits per heavy atom. The molecule has 0 unspecified atom stereocenters. The molecular formula is C28H38O2. The lowest BCUT2D eigenvalue weighted by atomic mass is 9.77. The number of benzene rings is 2. The molecule has 2 fully saturated rings. The Hall–Kier alpha value is -1.64. The molecule has 1 saturated carbocycles. The van der Waals surface area contributed by atoms with Gasteiger partial charge in [0.05, 0.1) is 13.2 Å². The van der Waals surface area contributed by atoms with Crippen molar-refractivity contribution in [3.63, 3.8) is 0 Å². The van der Waals surface area contributed by atoms with Gasteiger partial charge < -0.3 is 9.47 Å². The molecule has 4 rings (SSSR count).